The molecule has 0 spiro atoms. The summed E-state index contributed by atoms with van der Waals surface area (Å²) in [6.45, 7) is 3.90. The second-order valence-corrected chi connectivity index (χ2v) is 6.75. The molecule has 0 fully saturated rings. The molecule has 0 aliphatic rings. The summed E-state index contributed by atoms with van der Waals surface area (Å²) in [6.07, 6.45) is 1.71. The van der Waals surface area contributed by atoms with Crippen molar-refractivity contribution in [2.45, 2.75) is 19.9 Å². The Morgan fingerprint density at radius 1 is 0.931 bits per heavy atom. The van der Waals surface area contributed by atoms with E-state index < -0.39 is 0 Å². The van der Waals surface area contributed by atoms with Gasteiger partial charge in [0.15, 0.2) is 0 Å². The molecule has 2 heterocycles. The molecule has 0 bridgehead atoms. The predicted octanol–water partition coefficient (Wildman–Crippen LogP) is 4.60. The Kier molecular flexibility index (Phi) is 5.16. The molecule has 0 saturated heterocycles. The number of aryl methyl sites for hydroxylation is 1. The van der Waals surface area contributed by atoms with Gasteiger partial charge in [0.2, 0.25) is 11.8 Å². The highest BCUT2D eigenvalue weighted by Gasteiger charge is 2.15. The Morgan fingerprint density at radius 2 is 1.66 bits per heavy atom. The van der Waals surface area contributed by atoms with Gasteiger partial charge in [-0.2, -0.15) is 0 Å². The summed E-state index contributed by atoms with van der Waals surface area (Å²) >= 11 is 0. The van der Waals surface area contributed by atoms with Crippen LogP contribution in [0.15, 0.2) is 77.3 Å². The molecular weight excluding hydrogens is 364 g/mol. The molecule has 1 amide bonds. The molecule has 144 valence electrons. The molecule has 0 aliphatic heterocycles. The SMILES string of the molecule is Cc1ccccc1-c1nnc(-c2ccc(C(=O)NC(C)c3ccccn3)cc2)o1. The Labute approximate surface area is 168 Å². The molecule has 4 rings (SSSR count). The van der Waals surface area contributed by atoms with Gasteiger partial charge in [0.05, 0.1) is 11.7 Å². The van der Waals surface area contributed by atoms with Crippen molar-refractivity contribution in [1.29, 1.82) is 0 Å². The molecule has 1 atom stereocenters. The van der Waals surface area contributed by atoms with Gasteiger partial charge in [-0.1, -0.05) is 24.3 Å². The third-order valence-corrected chi connectivity index (χ3v) is 4.67. The minimum atomic E-state index is -0.184. The molecule has 2 aromatic heterocycles. The van der Waals surface area contributed by atoms with Crippen LogP contribution in [-0.4, -0.2) is 21.1 Å². The maximum atomic E-state index is 12.5. The first kappa shape index (κ1) is 18.6. The van der Waals surface area contributed by atoms with E-state index in [2.05, 4.69) is 20.5 Å². The molecular formula is C23H20N4O2. The quantitative estimate of drug-likeness (QED) is 0.544. The van der Waals surface area contributed by atoms with E-state index in [1.165, 1.54) is 0 Å². The van der Waals surface area contributed by atoms with E-state index in [1.807, 2.05) is 56.3 Å². The van der Waals surface area contributed by atoms with Gasteiger partial charge >= 0.3 is 0 Å². The van der Waals surface area contributed by atoms with Gasteiger partial charge in [-0.15, -0.1) is 10.2 Å². The molecule has 6 heteroatoms. The van der Waals surface area contributed by atoms with Crippen LogP contribution in [0, 0.1) is 6.92 Å². The first-order chi connectivity index (χ1) is 14.1. The minimum Gasteiger partial charge on any atom is -0.416 e. The number of amides is 1. The second-order valence-electron chi connectivity index (χ2n) is 6.75. The number of pyridine rings is 1. The normalized spacial score (nSPS) is 11.8. The third-order valence-electron chi connectivity index (χ3n) is 4.67. The van der Waals surface area contributed by atoms with Gasteiger partial charge < -0.3 is 9.73 Å². The molecule has 1 unspecified atom stereocenters. The van der Waals surface area contributed by atoms with E-state index in [0.717, 1.165) is 22.4 Å². The number of carbonyl (C=O) groups excluding carboxylic acids is 1. The highest BCUT2D eigenvalue weighted by atomic mass is 16.4. The average Bonchev–Trinajstić information content (AvgIpc) is 3.25. The number of nitrogens with zero attached hydrogens (tertiary/aromatic N) is 3. The van der Waals surface area contributed by atoms with Crippen LogP contribution in [0.5, 0.6) is 0 Å². The summed E-state index contributed by atoms with van der Waals surface area (Å²) in [5.74, 6) is 0.724. The number of carbonyl (C=O) groups is 1. The zero-order valence-electron chi connectivity index (χ0n) is 16.2. The van der Waals surface area contributed by atoms with Crippen LogP contribution in [0.3, 0.4) is 0 Å². The summed E-state index contributed by atoms with van der Waals surface area (Å²) in [7, 11) is 0. The van der Waals surface area contributed by atoms with Crippen LogP contribution in [-0.2, 0) is 0 Å². The lowest BCUT2D eigenvalue weighted by molar-refractivity contribution is 0.0939. The van der Waals surface area contributed by atoms with E-state index in [0.29, 0.717) is 17.3 Å². The third kappa shape index (κ3) is 4.06. The van der Waals surface area contributed by atoms with E-state index >= 15 is 0 Å². The number of hydrogen-bond acceptors (Lipinski definition) is 5. The molecule has 0 radical (unpaired) electrons. The maximum absolute atomic E-state index is 12.5. The van der Waals surface area contributed by atoms with Gasteiger partial charge in [0.1, 0.15) is 0 Å². The minimum absolute atomic E-state index is 0.166. The van der Waals surface area contributed by atoms with Crippen LogP contribution in [0.2, 0.25) is 0 Å². The lowest BCUT2D eigenvalue weighted by Gasteiger charge is -2.13. The van der Waals surface area contributed by atoms with Gasteiger partial charge in [0.25, 0.3) is 5.91 Å². The Morgan fingerprint density at radius 3 is 2.38 bits per heavy atom. The highest BCUT2D eigenvalue weighted by molar-refractivity contribution is 5.94. The fourth-order valence-electron chi connectivity index (χ4n) is 3.01. The molecule has 2 aromatic carbocycles. The van der Waals surface area contributed by atoms with Crippen LogP contribution in [0.4, 0.5) is 0 Å². The average molecular weight is 384 g/mol. The summed E-state index contributed by atoms with van der Waals surface area (Å²) in [5.41, 5.74) is 4.09. The zero-order chi connectivity index (χ0) is 20.2. The fraction of sp³-hybridized carbons (Fsp3) is 0.130. The lowest BCUT2D eigenvalue weighted by atomic mass is 10.1. The van der Waals surface area contributed by atoms with Crippen molar-refractivity contribution < 1.29 is 9.21 Å². The summed E-state index contributed by atoms with van der Waals surface area (Å²) in [6, 6.07) is 20.4. The number of rotatable bonds is 5. The van der Waals surface area contributed by atoms with Crippen molar-refractivity contribution in [2.24, 2.45) is 0 Å². The van der Waals surface area contributed by atoms with Crippen molar-refractivity contribution in [3.63, 3.8) is 0 Å². The molecule has 29 heavy (non-hydrogen) atoms. The summed E-state index contributed by atoms with van der Waals surface area (Å²) in [4.78, 5) is 16.8. The molecule has 0 aliphatic carbocycles. The Balaban J connectivity index is 1.48. The fourth-order valence-corrected chi connectivity index (χ4v) is 3.01. The van der Waals surface area contributed by atoms with Crippen molar-refractivity contribution in [2.75, 3.05) is 0 Å². The monoisotopic (exact) mass is 384 g/mol. The highest BCUT2D eigenvalue weighted by Crippen LogP contribution is 2.26. The van der Waals surface area contributed by atoms with Crippen LogP contribution >= 0.6 is 0 Å². The molecule has 6 nitrogen and oxygen atoms in total. The van der Waals surface area contributed by atoms with E-state index in [4.69, 9.17) is 4.42 Å². The van der Waals surface area contributed by atoms with Crippen LogP contribution in [0.25, 0.3) is 22.9 Å². The number of benzene rings is 2. The second kappa shape index (κ2) is 8.06. The predicted molar refractivity (Wildman–Crippen MR) is 110 cm³/mol. The molecule has 1 N–H and O–H groups in total. The maximum Gasteiger partial charge on any atom is 0.251 e. The van der Waals surface area contributed by atoms with Gasteiger partial charge in [0, 0.05) is 22.9 Å². The standard InChI is InChI=1S/C23H20N4O2/c1-15-7-3-4-8-19(15)23-27-26-22(29-23)18-12-10-17(11-13-18)21(28)25-16(2)20-9-5-6-14-24-20/h3-14,16H,1-2H3,(H,25,28). The van der Waals surface area contributed by atoms with Crippen molar-refractivity contribution in [3.8, 4) is 22.9 Å². The van der Waals surface area contributed by atoms with Crippen LogP contribution in [0.1, 0.15) is 34.6 Å². The largest absolute Gasteiger partial charge is 0.416 e. The number of aromatic nitrogens is 3. The van der Waals surface area contributed by atoms with Gasteiger partial charge in [-0.25, -0.2) is 0 Å². The molecule has 4 aromatic rings. The lowest BCUT2D eigenvalue weighted by Crippen LogP contribution is -2.27. The van der Waals surface area contributed by atoms with Crippen molar-refractivity contribution in [1.82, 2.24) is 20.5 Å². The Bertz CT molecular complexity index is 1120. The number of hydrogen-bond donors (Lipinski definition) is 1. The topological polar surface area (TPSA) is 80.9 Å². The van der Waals surface area contributed by atoms with Crippen molar-refractivity contribution in [3.05, 3.63) is 89.7 Å². The van der Waals surface area contributed by atoms with E-state index in [9.17, 15) is 4.79 Å². The zero-order valence-corrected chi connectivity index (χ0v) is 16.2. The molecule has 0 saturated carbocycles. The van der Waals surface area contributed by atoms with E-state index in [-0.39, 0.29) is 11.9 Å². The van der Waals surface area contributed by atoms with Crippen molar-refractivity contribution >= 4 is 5.91 Å². The smallest absolute Gasteiger partial charge is 0.251 e. The van der Waals surface area contributed by atoms with Crippen LogP contribution < -0.4 is 5.32 Å². The van der Waals surface area contributed by atoms with Gasteiger partial charge in [-0.05, 0) is 61.9 Å². The van der Waals surface area contributed by atoms with Gasteiger partial charge in [-0.3, -0.25) is 9.78 Å². The summed E-state index contributed by atoms with van der Waals surface area (Å²) < 4.78 is 5.83. The number of nitrogens with one attached hydrogen (secondary N) is 1. The Hall–Kier alpha value is -3.80. The summed E-state index contributed by atoms with van der Waals surface area (Å²) in [5, 5.41) is 11.2. The first-order valence-corrected chi connectivity index (χ1v) is 9.33. The van der Waals surface area contributed by atoms with E-state index in [1.54, 1.807) is 30.5 Å². The first-order valence-electron chi connectivity index (χ1n) is 9.33.